The third-order valence-corrected chi connectivity index (χ3v) is 12.9. The van der Waals surface area contributed by atoms with Gasteiger partial charge in [0.25, 0.3) is 0 Å². The molecule has 8 nitrogen and oxygen atoms in total. The highest BCUT2D eigenvalue weighted by molar-refractivity contribution is 7.32. The van der Waals surface area contributed by atoms with E-state index in [2.05, 4.69) is 42.6 Å². The highest BCUT2D eigenvalue weighted by atomic mass is 31.1. The number of β-lactam (4-membered cyclic amide) rings is 1. The average molecular weight is 518 g/mol. The molecule has 1 saturated heterocycles. The summed E-state index contributed by atoms with van der Waals surface area (Å²) in [6.45, 7) is 12.0. The summed E-state index contributed by atoms with van der Waals surface area (Å²) >= 11 is 0. The molecule has 35 heavy (non-hydrogen) atoms. The average Bonchev–Trinajstić information content (AvgIpc) is 3.09. The Morgan fingerprint density at radius 1 is 1.29 bits per heavy atom. The molecule has 3 rings (SSSR count). The number of pyridine rings is 1. The van der Waals surface area contributed by atoms with Crippen molar-refractivity contribution >= 4 is 37.1 Å². The molecule has 2 aliphatic rings. The summed E-state index contributed by atoms with van der Waals surface area (Å²) in [4.78, 5) is 37.7. The quantitative estimate of drug-likeness (QED) is 0.244. The van der Waals surface area contributed by atoms with Gasteiger partial charge in [-0.3, -0.25) is 14.7 Å². The number of carbonyl (C=O) groups is 2. The van der Waals surface area contributed by atoms with Gasteiger partial charge in [0.15, 0.2) is 16.3 Å². The zero-order chi connectivity index (χ0) is 25.8. The van der Waals surface area contributed by atoms with Crippen LogP contribution in [0.15, 0.2) is 35.7 Å². The van der Waals surface area contributed by atoms with Crippen LogP contribution < -0.4 is 5.00 Å². The summed E-state index contributed by atoms with van der Waals surface area (Å²) < 4.78 is 12.2. The van der Waals surface area contributed by atoms with Gasteiger partial charge in [0.2, 0.25) is 5.91 Å². The van der Waals surface area contributed by atoms with Crippen molar-refractivity contribution in [1.82, 2.24) is 19.8 Å². The molecular formula is C24H40BN4O4PSi. The van der Waals surface area contributed by atoms with Gasteiger partial charge in [-0.2, -0.15) is 0 Å². The molecular weight excluding hydrogens is 478 g/mol. The molecule has 0 spiro atoms. The Hall–Kier alpha value is -1.58. The molecule has 1 unspecified atom stereocenters. The Labute approximate surface area is 213 Å². The normalized spacial score (nSPS) is 23.2. The molecule has 2 aliphatic heterocycles. The lowest BCUT2D eigenvalue weighted by Gasteiger charge is -2.49. The maximum absolute atomic E-state index is 13.5. The number of nitrogens with zero attached hydrogens (tertiary/aromatic N) is 3. The molecule has 3 heterocycles. The topological polar surface area (TPSA) is 84.0 Å². The van der Waals surface area contributed by atoms with Crippen molar-refractivity contribution in [2.75, 3.05) is 13.6 Å². The standard InChI is InChI=1S/C24H40BN4O4PSi/c1-7-35(8-2,9-3)33-17(5)20-21-16(4)19(15-28(6)14-18-12-10-11-13-26-18)22(29(21)23(20)30)24(31)32-34-27-25/h10-13,16-17,20-21,27,34H,7-9,14-15,25H2,1-6H3/t16-,17+,20+,21+/m0/s1. The van der Waals surface area contributed by atoms with Gasteiger partial charge < -0.3 is 18.8 Å². The predicted octanol–water partition coefficient (Wildman–Crippen LogP) is 2.84. The lowest BCUT2D eigenvalue weighted by molar-refractivity contribution is -0.161. The second-order valence-corrected chi connectivity index (χ2v) is 15.3. The minimum Gasteiger partial charge on any atom is -0.428 e. The maximum atomic E-state index is 13.5. The van der Waals surface area contributed by atoms with Crippen molar-refractivity contribution in [2.24, 2.45) is 11.8 Å². The van der Waals surface area contributed by atoms with Crippen LogP contribution in [0.1, 0.15) is 40.3 Å². The van der Waals surface area contributed by atoms with E-state index >= 15 is 0 Å². The van der Waals surface area contributed by atoms with Gasteiger partial charge in [-0.25, -0.2) is 4.79 Å². The van der Waals surface area contributed by atoms with Gasteiger partial charge in [0.1, 0.15) is 14.7 Å². The van der Waals surface area contributed by atoms with E-state index in [-0.39, 0.29) is 38.8 Å². The number of hydrogen-bond acceptors (Lipinski definition) is 7. The fraction of sp³-hybridized carbons (Fsp3) is 0.625. The first kappa shape index (κ1) is 28.0. The molecule has 5 atom stereocenters. The number of aromatic nitrogens is 1. The molecule has 11 heteroatoms. The SMILES string of the molecule is BNPOC(=O)C1=C(CN(C)Cc2ccccn2)[C@H](C)[C@@H]2[C@@H]([C@@H](C)O[Si](CC)(CC)CC)C(=O)N12. The van der Waals surface area contributed by atoms with E-state index in [4.69, 9.17) is 8.95 Å². The van der Waals surface area contributed by atoms with E-state index in [1.54, 1.807) is 19.1 Å². The molecule has 0 radical (unpaired) electrons. The lowest BCUT2D eigenvalue weighted by Crippen LogP contribution is -2.65. The molecule has 1 aromatic rings. The fourth-order valence-electron chi connectivity index (χ4n) is 5.56. The van der Waals surface area contributed by atoms with Crippen molar-refractivity contribution in [2.45, 2.75) is 71.4 Å². The van der Waals surface area contributed by atoms with Crippen LogP contribution in [0.2, 0.25) is 18.1 Å². The number of fused-ring (bicyclic) bond motifs is 1. The Morgan fingerprint density at radius 2 is 1.97 bits per heavy atom. The summed E-state index contributed by atoms with van der Waals surface area (Å²) in [5.41, 5.74) is 2.32. The van der Waals surface area contributed by atoms with Crippen LogP contribution in [-0.4, -0.2) is 68.7 Å². The van der Waals surface area contributed by atoms with E-state index in [0.29, 0.717) is 18.8 Å². The highest BCUT2D eigenvalue weighted by Gasteiger charge is 2.60. The van der Waals surface area contributed by atoms with Crippen LogP contribution in [-0.2, 0) is 25.1 Å². The van der Waals surface area contributed by atoms with Crippen LogP contribution in [0.3, 0.4) is 0 Å². The molecule has 1 aromatic heterocycles. The molecule has 192 valence electrons. The summed E-state index contributed by atoms with van der Waals surface area (Å²) in [5.74, 6) is -0.665. The Bertz CT molecular complexity index is 925. The predicted molar refractivity (Wildman–Crippen MR) is 145 cm³/mol. The Kier molecular flexibility index (Phi) is 9.69. The zero-order valence-corrected chi connectivity index (χ0v) is 24.1. The van der Waals surface area contributed by atoms with E-state index < -0.39 is 14.3 Å². The first-order valence-corrected chi connectivity index (χ1v) is 16.1. The number of carbonyl (C=O) groups excluding carboxylic acids is 2. The van der Waals surface area contributed by atoms with Crippen molar-refractivity contribution < 1.29 is 18.5 Å². The van der Waals surface area contributed by atoms with Crippen LogP contribution in [0.25, 0.3) is 0 Å². The maximum Gasteiger partial charge on any atom is 0.358 e. The van der Waals surface area contributed by atoms with Gasteiger partial charge in [0, 0.05) is 25.2 Å². The fourth-order valence-corrected chi connectivity index (χ4v) is 8.78. The van der Waals surface area contributed by atoms with E-state index in [0.717, 1.165) is 29.4 Å². The lowest BCUT2D eigenvalue weighted by atomic mass is 9.77. The van der Waals surface area contributed by atoms with E-state index in [9.17, 15) is 9.59 Å². The number of rotatable bonds is 13. The zero-order valence-electron chi connectivity index (χ0n) is 22.1. The molecule has 0 bridgehead atoms. The highest BCUT2D eigenvalue weighted by Crippen LogP contribution is 2.49. The van der Waals surface area contributed by atoms with Gasteiger partial charge in [0.05, 0.1) is 23.8 Å². The van der Waals surface area contributed by atoms with Crippen molar-refractivity contribution in [3.05, 3.63) is 41.4 Å². The van der Waals surface area contributed by atoms with Crippen molar-refractivity contribution in [3.8, 4) is 0 Å². The largest absolute Gasteiger partial charge is 0.428 e. The molecule has 0 aliphatic carbocycles. The third-order valence-electron chi connectivity index (χ3n) is 7.71. The third kappa shape index (κ3) is 5.72. The summed E-state index contributed by atoms with van der Waals surface area (Å²) in [6.07, 6.45) is 1.62. The number of hydrogen-bond donors (Lipinski definition) is 1. The van der Waals surface area contributed by atoms with Crippen molar-refractivity contribution in [1.29, 1.82) is 0 Å². The minimum atomic E-state index is -1.86. The number of amides is 1. The van der Waals surface area contributed by atoms with Gasteiger partial charge in [-0.05, 0) is 49.8 Å². The molecule has 1 fully saturated rings. The van der Waals surface area contributed by atoms with E-state index in [1.807, 2.05) is 32.2 Å². The summed E-state index contributed by atoms with van der Waals surface area (Å²) in [7, 11) is 1.72. The second-order valence-electron chi connectivity index (χ2n) is 9.69. The van der Waals surface area contributed by atoms with Gasteiger partial charge >= 0.3 is 5.97 Å². The van der Waals surface area contributed by atoms with Gasteiger partial charge in [-0.15, -0.1) is 0 Å². The van der Waals surface area contributed by atoms with E-state index in [1.165, 1.54) is 0 Å². The number of likely N-dealkylation sites (N-methyl/N-ethyl adjacent to an activating group) is 1. The Balaban J connectivity index is 1.84. The Morgan fingerprint density at radius 3 is 2.54 bits per heavy atom. The molecule has 0 aromatic carbocycles. The van der Waals surface area contributed by atoms with Crippen LogP contribution in [0, 0.1) is 11.8 Å². The number of nitrogens with one attached hydrogen (secondary N) is 1. The van der Waals surface area contributed by atoms with Crippen LogP contribution in [0.4, 0.5) is 0 Å². The smallest absolute Gasteiger partial charge is 0.358 e. The summed E-state index contributed by atoms with van der Waals surface area (Å²) in [5, 5.41) is 0. The second kappa shape index (κ2) is 12.1. The molecule has 1 amide bonds. The molecule has 0 saturated carbocycles. The van der Waals surface area contributed by atoms with Crippen LogP contribution >= 0.6 is 8.96 Å². The monoisotopic (exact) mass is 518 g/mol. The minimum absolute atomic E-state index is 0.0253. The summed E-state index contributed by atoms with van der Waals surface area (Å²) in [6, 6.07) is 8.91. The van der Waals surface area contributed by atoms with Crippen molar-refractivity contribution in [3.63, 3.8) is 0 Å². The van der Waals surface area contributed by atoms with Gasteiger partial charge in [-0.1, -0.05) is 33.8 Å². The molecule has 1 N–H and O–H groups in total. The first-order valence-electron chi connectivity index (χ1n) is 12.7. The first-order chi connectivity index (χ1) is 16.7. The van der Waals surface area contributed by atoms with Crippen LogP contribution in [0.5, 0.6) is 0 Å².